The van der Waals surface area contributed by atoms with Gasteiger partial charge in [-0.3, -0.25) is 4.79 Å². The first kappa shape index (κ1) is 11.3. The molecular weight excluding hydrogens is 218 g/mol. The van der Waals surface area contributed by atoms with Crippen molar-refractivity contribution in [2.24, 2.45) is 5.73 Å². The molecule has 0 bridgehead atoms. The fraction of sp³-hybridized carbons (Fsp3) is 0.125. The second-order valence-corrected chi connectivity index (χ2v) is 2.50. The number of rotatable bonds is 3. The van der Waals surface area contributed by atoms with Crippen LogP contribution < -0.4 is 10.5 Å². The number of hydrogen-bond acceptors (Lipinski definition) is 2. The Balaban J connectivity index is 3.14. The molecule has 0 fully saturated rings. The molecule has 1 aromatic rings. The number of hydrogen-bond donors (Lipinski definition) is 1. The second kappa shape index (κ2) is 4.16. The Morgan fingerprint density at radius 3 is 2.07 bits per heavy atom. The highest BCUT2D eigenvalue weighted by Crippen LogP contribution is 2.21. The molecule has 1 amide bonds. The van der Waals surface area contributed by atoms with Gasteiger partial charge in [-0.2, -0.15) is 8.78 Å². The molecule has 0 unspecified atom stereocenters. The molecule has 3 nitrogen and oxygen atoms in total. The Bertz CT molecular complexity index is 371. The van der Waals surface area contributed by atoms with Crippen LogP contribution in [0, 0.1) is 11.6 Å². The maximum absolute atomic E-state index is 12.9. The van der Waals surface area contributed by atoms with Gasteiger partial charge in [0.05, 0.1) is 0 Å². The zero-order valence-corrected chi connectivity index (χ0v) is 7.14. The molecule has 15 heavy (non-hydrogen) atoms. The number of benzene rings is 1. The molecule has 0 spiro atoms. The summed E-state index contributed by atoms with van der Waals surface area (Å²) in [6.45, 7) is -3.21. The summed E-state index contributed by atoms with van der Waals surface area (Å²) in [6, 6.07) is 0.907. The number of carbonyl (C=O) groups is 1. The van der Waals surface area contributed by atoms with Gasteiger partial charge in [-0.25, -0.2) is 8.78 Å². The molecule has 1 aromatic carbocycles. The summed E-state index contributed by atoms with van der Waals surface area (Å²) in [4.78, 5) is 10.5. The Labute approximate surface area is 81.4 Å². The van der Waals surface area contributed by atoms with E-state index in [0.717, 1.165) is 0 Å². The van der Waals surface area contributed by atoms with Crippen molar-refractivity contribution < 1.29 is 27.1 Å². The van der Waals surface area contributed by atoms with Gasteiger partial charge in [0.25, 0.3) is 5.91 Å². The van der Waals surface area contributed by atoms with Gasteiger partial charge in [0.2, 0.25) is 0 Å². The molecule has 0 saturated carbocycles. The molecule has 0 saturated heterocycles. The Kier molecular flexibility index (Phi) is 3.13. The minimum atomic E-state index is -3.21. The predicted molar refractivity (Wildman–Crippen MR) is 41.5 cm³/mol. The van der Waals surface area contributed by atoms with Crippen LogP contribution in [0.3, 0.4) is 0 Å². The lowest BCUT2D eigenvalue weighted by Gasteiger charge is -2.06. The molecule has 7 heteroatoms. The monoisotopic (exact) mass is 223 g/mol. The van der Waals surface area contributed by atoms with Crippen LogP contribution in [0.15, 0.2) is 12.1 Å². The zero-order valence-electron chi connectivity index (χ0n) is 7.14. The average molecular weight is 223 g/mol. The largest absolute Gasteiger partial charge is 0.435 e. The van der Waals surface area contributed by atoms with Crippen molar-refractivity contribution in [1.82, 2.24) is 0 Å². The lowest BCUT2D eigenvalue weighted by Crippen LogP contribution is -2.16. The van der Waals surface area contributed by atoms with E-state index in [2.05, 4.69) is 10.5 Å². The van der Waals surface area contributed by atoms with E-state index in [4.69, 9.17) is 0 Å². The van der Waals surface area contributed by atoms with E-state index in [1.807, 2.05) is 0 Å². The molecule has 0 heterocycles. The standard InChI is InChI=1S/C8H5F4NO2/c9-4-1-3(15-8(11)12)2-5(10)6(4)7(13)14/h1-2,8H,(H2,13,14). The summed E-state index contributed by atoms with van der Waals surface area (Å²) >= 11 is 0. The number of primary amides is 1. The molecule has 82 valence electrons. The number of nitrogens with two attached hydrogens (primary N) is 1. The van der Waals surface area contributed by atoms with Crippen molar-refractivity contribution >= 4 is 5.91 Å². The molecule has 0 aromatic heterocycles. The number of halogens is 4. The lowest BCUT2D eigenvalue weighted by atomic mass is 10.2. The van der Waals surface area contributed by atoms with E-state index in [9.17, 15) is 22.4 Å². The van der Waals surface area contributed by atoms with E-state index < -0.39 is 35.5 Å². The van der Waals surface area contributed by atoms with Crippen molar-refractivity contribution in [3.05, 3.63) is 29.3 Å². The van der Waals surface area contributed by atoms with Crippen molar-refractivity contribution in [1.29, 1.82) is 0 Å². The first-order chi connectivity index (χ1) is 6.91. The van der Waals surface area contributed by atoms with Crippen LogP contribution in [0.2, 0.25) is 0 Å². The van der Waals surface area contributed by atoms with Crippen molar-refractivity contribution in [2.45, 2.75) is 6.61 Å². The van der Waals surface area contributed by atoms with Crippen LogP contribution in [-0.2, 0) is 0 Å². The fourth-order valence-electron chi connectivity index (χ4n) is 0.956. The van der Waals surface area contributed by atoms with Crippen molar-refractivity contribution in [3.63, 3.8) is 0 Å². The quantitative estimate of drug-likeness (QED) is 0.792. The second-order valence-electron chi connectivity index (χ2n) is 2.50. The molecular formula is C8H5F4NO2. The zero-order chi connectivity index (χ0) is 11.6. The van der Waals surface area contributed by atoms with Crippen LogP contribution in [0.1, 0.15) is 10.4 Å². The highest BCUT2D eigenvalue weighted by atomic mass is 19.3. The Morgan fingerprint density at radius 1 is 1.27 bits per heavy atom. The SMILES string of the molecule is NC(=O)c1c(F)cc(OC(F)F)cc1F. The van der Waals surface area contributed by atoms with Crippen LogP contribution in [0.5, 0.6) is 5.75 Å². The minimum Gasteiger partial charge on any atom is -0.435 e. The van der Waals surface area contributed by atoms with Gasteiger partial charge in [0.1, 0.15) is 22.9 Å². The van der Waals surface area contributed by atoms with E-state index in [0.29, 0.717) is 12.1 Å². The van der Waals surface area contributed by atoms with E-state index in [-0.39, 0.29) is 0 Å². The molecule has 0 radical (unpaired) electrons. The van der Waals surface area contributed by atoms with E-state index >= 15 is 0 Å². The predicted octanol–water partition coefficient (Wildman–Crippen LogP) is 1.67. The smallest absolute Gasteiger partial charge is 0.387 e. The van der Waals surface area contributed by atoms with Crippen LogP contribution >= 0.6 is 0 Å². The fourth-order valence-corrected chi connectivity index (χ4v) is 0.956. The van der Waals surface area contributed by atoms with Crippen LogP contribution in [0.4, 0.5) is 17.6 Å². The van der Waals surface area contributed by atoms with Crippen LogP contribution in [-0.4, -0.2) is 12.5 Å². The number of carbonyl (C=O) groups excluding carboxylic acids is 1. The van der Waals surface area contributed by atoms with Gasteiger partial charge in [0.15, 0.2) is 0 Å². The molecule has 1 rings (SSSR count). The summed E-state index contributed by atoms with van der Waals surface area (Å²) in [5.74, 6) is -4.74. The number of alkyl halides is 2. The van der Waals surface area contributed by atoms with Gasteiger partial charge in [0, 0.05) is 12.1 Å². The summed E-state index contributed by atoms with van der Waals surface area (Å²) in [5.41, 5.74) is 3.67. The minimum absolute atomic E-state index is 0.454. The van der Waals surface area contributed by atoms with E-state index in [1.54, 1.807) is 0 Å². The average Bonchev–Trinajstić information content (AvgIpc) is 1.99. The Morgan fingerprint density at radius 2 is 1.73 bits per heavy atom. The van der Waals surface area contributed by atoms with Crippen molar-refractivity contribution in [2.75, 3.05) is 0 Å². The summed E-state index contributed by atoms with van der Waals surface area (Å²) in [6.07, 6.45) is 0. The Hall–Kier alpha value is -1.79. The first-order valence-corrected chi connectivity index (χ1v) is 3.65. The maximum atomic E-state index is 12.9. The third-order valence-corrected chi connectivity index (χ3v) is 1.49. The molecule has 0 aliphatic rings. The molecule has 0 aliphatic carbocycles. The third kappa shape index (κ3) is 2.58. The summed E-state index contributed by atoms with van der Waals surface area (Å²) < 4.78 is 53.0. The molecule has 2 N–H and O–H groups in total. The lowest BCUT2D eigenvalue weighted by molar-refractivity contribution is -0.0501. The highest BCUT2D eigenvalue weighted by molar-refractivity contribution is 5.93. The molecule has 0 aliphatic heterocycles. The van der Waals surface area contributed by atoms with Crippen molar-refractivity contribution in [3.8, 4) is 5.75 Å². The summed E-state index contributed by atoms with van der Waals surface area (Å²) in [7, 11) is 0. The van der Waals surface area contributed by atoms with Gasteiger partial charge < -0.3 is 10.5 Å². The number of ether oxygens (including phenoxy) is 1. The molecule has 0 atom stereocenters. The number of amides is 1. The topological polar surface area (TPSA) is 52.3 Å². The van der Waals surface area contributed by atoms with Gasteiger partial charge >= 0.3 is 6.61 Å². The van der Waals surface area contributed by atoms with E-state index in [1.165, 1.54) is 0 Å². The first-order valence-electron chi connectivity index (χ1n) is 3.65. The maximum Gasteiger partial charge on any atom is 0.387 e. The van der Waals surface area contributed by atoms with Gasteiger partial charge in [-0.1, -0.05) is 0 Å². The van der Waals surface area contributed by atoms with Crippen LogP contribution in [0.25, 0.3) is 0 Å². The third-order valence-electron chi connectivity index (χ3n) is 1.49. The summed E-state index contributed by atoms with van der Waals surface area (Å²) in [5, 5.41) is 0. The highest BCUT2D eigenvalue weighted by Gasteiger charge is 2.17. The normalized spacial score (nSPS) is 10.5. The van der Waals surface area contributed by atoms with Gasteiger partial charge in [-0.15, -0.1) is 0 Å². The van der Waals surface area contributed by atoms with Gasteiger partial charge in [-0.05, 0) is 0 Å².